The van der Waals surface area contributed by atoms with Crippen LogP contribution in [0, 0.1) is 5.82 Å². The molecule has 13 heteroatoms. The number of tetrazole rings is 1. The van der Waals surface area contributed by atoms with Crippen molar-refractivity contribution in [2.45, 2.75) is 31.3 Å². The molecule has 3 aromatic heterocycles. The summed E-state index contributed by atoms with van der Waals surface area (Å²) in [5.74, 6) is 0.142. The summed E-state index contributed by atoms with van der Waals surface area (Å²) in [6, 6.07) is 4.36. The van der Waals surface area contributed by atoms with Crippen LogP contribution in [0.2, 0.25) is 10.0 Å². The molecule has 1 aromatic carbocycles. The van der Waals surface area contributed by atoms with Gasteiger partial charge in [0, 0.05) is 29.4 Å². The molecule has 2 atom stereocenters. The molecule has 10 nitrogen and oxygen atoms in total. The number of carbonyl (C=O) groups is 1. The van der Waals surface area contributed by atoms with E-state index in [0.717, 1.165) is 6.42 Å². The Morgan fingerprint density at radius 3 is 2.81 bits per heavy atom. The second-order valence-electron chi connectivity index (χ2n) is 8.65. The molecule has 3 N–H and O–H groups in total. The van der Waals surface area contributed by atoms with E-state index in [-0.39, 0.29) is 28.6 Å². The largest absolute Gasteiger partial charge is 0.384 e. The SMILES string of the molecule is Nc1cc(-c2cnc([C@@H]3CC[C@@H]4CC(c5c(-n6cnnn6)ccc(Cl)c5F)=CC(=O)N43)[nH]2)c(Cl)cn1. The Hall–Kier alpha value is -3.83. The van der Waals surface area contributed by atoms with Crippen molar-refractivity contribution in [1.29, 1.82) is 0 Å². The Kier molecular flexibility index (Phi) is 5.45. The monoisotopic (exact) mass is 525 g/mol. The second-order valence-corrected chi connectivity index (χ2v) is 9.46. The van der Waals surface area contributed by atoms with E-state index in [1.807, 2.05) is 0 Å². The number of halogens is 3. The molecule has 36 heavy (non-hydrogen) atoms. The molecule has 0 spiro atoms. The normalized spacial score (nSPS) is 19.5. The first-order chi connectivity index (χ1) is 17.4. The van der Waals surface area contributed by atoms with Gasteiger partial charge in [-0.15, -0.1) is 5.10 Å². The van der Waals surface area contributed by atoms with Gasteiger partial charge >= 0.3 is 0 Å². The minimum Gasteiger partial charge on any atom is -0.384 e. The second kappa shape index (κ2) is 8.68. The predicted octanol–water partition coefficient (Wildman–Crippen LogP) is 3.99. The summed E-state index contributed by atoms with van der Waals surface area (Å²) < 4.78 is 16.6. The molecule has 182 valence electrons. The van der Waals surface area contributed by atoms with Gasteiger partial charge in [-0.25, -0.2) is 14.4 Å². The Balaban J connectivity index is 1.34. The van der Waals surface area contributed by atoms with Crippen molar-refractivity contribution in [3.63, 3.8) is 0 Å². The lowest BCUT2D eigenvalue weighted by Gasteiger charge is -2.33. The molecule has 1 saturated heterocycles. The van der Waals surface area contributed by atoms with E-state index in [0.29, 0.717) is 52.0 Å². The molecule has 0 aliphatic carbocycles. The Morgan fingerprint density at radius 1 is 1.14 bits per heavy atom. The number of benzene rings is 1. The van der Waals surface area contributed by atoms with Gasteiger partial charge in [0.05, 0.1) is 33.7 Å². The number of hydrogen-bond donors (Lipinski definition) is 2. The van der Waals surface area contributed by atoms with Gasteiger partial charge in [-0.2, -0.15) is 4.68 Å². The Morgan fingerprint density at radius 2 is 2.00 bits per heavy atom. The van der Waals surface area contributed by atoms with Gasteiger partial charge < -0.3 is 15.6 Å². The number of H-pyrrole nitrogens is 1. The van der Waals surface area contributed by atoms with Crippen LogP contribution in [-0.4, -0.2) is 52.0 Å². The smallest absolute Gasteiger partial charge is 0.247 e. The van der Waals surface area contributed by atoms with E-state index in [9.17, 15) is 4.79 Å². The van der Waals surface area contributed by atoms with Crippen LogP contribution in [0.1, 0.15) is 36.7 Å². The first kappa shape index (κ1) is 22.6. The molecule has 0 saturated carbocycles. The van der Waals surface area contributed by atoms with E-state index in [2.05, 4.69) is 30.5 Å². The maximum Gasteiger partial charge on any atom is 0.247 e. The number of nitrogen functional groups attached to an aromatic ring is 1. The van der Waals surface area contributed by atoms with Crippen molar-refractivity contribution in [3.05, 3.63) is 70.2 Å². The van der Waals surface area contributed by atoms with E-state index >= 15 is 4.39 Å². The molecule has 0 bridgehead atoms. The predicted molar refractivity (Wildman–Crippen MR) is 131 cm³/mol. The van der Waals surface area contributed by atoms with Crippen LogP contribution >= 0.6 is 23.2 Å². The lowest BCUT2D eigenvalue weighted by Crippen LogP contribution is -2.39. The molecule has 2 aliphatic heterocycles. The summed E-state index contributed by atoms with van der Waals surface area (Å²) in [4.78, 5) is 27.0. The average Bonchev–Trinajstić information content (AvgIpc) is 3.62. The number of imidazole rings is 1. The van der Waals surface area contributed by atoms with Crippen molar-refractivity contribution < 1.29 is 9.18 Å². The zero-order valence-electron chi connectivity index (χ0n) is 18.6. The Bertz CT molecular complexity index is 1520. The highest BCUT2D eigenvalue weighted by atomic mass is 35.5. The number of anilines is 1. The number of fused-ring (bicyclic) bond motifs is 1. The van der Waals surface area contributed by atoms with Crippen LogP contribution in [0.25, 0.3) is 22.5 Å². The number of nitrogens with zero attached hydrogens (tertiary/aromatic N) is 7. The van der Waals surface area contributed by atoms with Crippen molar-refractivity contribution in [2.75, 3.05) is 5.73 Å². The highest BCUT2D eigenvalue weighted by molar-refractivity contribution is 6.33. The molecule has 1 fully saturated rings. The van der Waals surface area contributed by atoms with Crippen LogP contribution in [0.3, 0.4) is 0 Å². The molecule has 0 radical (unpaired) electrons. The number of pyridine rings is 1. The van der Waals surface area contributed by atoms with Gasteiger partial charge in [-0.3, -0.25) is 4.79 Å². The molecular formula is C23H18Cl2FN9O. The maximum absolute atomic E-state index is 15.3. The minimum atomic E-state index is -0.615. The quantitative estimate of drug-likeness (QED) is 0.411. The standard InChI is InChI=1S/C23H18Cl2FN9O/c24-14-2-4-17(34-10-30-32-33-34)21(22(14)26)11-5-12-1-3-18(35(12)20(36)6-11)23-29-9-16(31-23)13-7-19(27)28-8-15(13)25/h2,4,6-10,12,18H,1,3,5H2,(H2,27,28)(H,29,31)/t12-,18+/m1/s1. The lowest BCUT2D eigenvalue weighted by molar-refractivity contribution is -0.129. The van der Waals surface area contributed by atoms with Crippen LogP contribution in [0.15, 0.2) is 43.0 Å². The van der Waals surface area contributed by atoms with Gasteiger partial charge in [0.25, 0.3) is 0 Å². The van der Waals surface area contributed by atoms with Crippen molar-refractivity contribution in [2.24, 2.45) is 0 Å². The molecule has 0 unspecified atom stereocenters. The fourth-order valence-electron chi connectivity index (χ4n) is 5.01. The number of aromatic nitrogens is 7. The third-order valence-corrected chi connectivity index (χ3v) is 7.17. The highest BCUT2D eigenvalue weighted by Crippen LogP contribution is 2.44. The van der Waals surface area contributed by atoms with E-state index in [4.69, 9.17) is 28.9 Å². The number of aromatic amines is 1. The number of rotatable bonds is 4. The number of nitrogens with one attached hydrogen (secondary N) is 1. The molecule has 4 aromatic rings. The van der Waals surface area contributed by atoms with Crippen molar-refractivity contribution >= 4 is 40.5 Å². The molecule has 6 rings (SSSR count). The van der Waals surface area contributed by atoms with E-state index in [1.54, 1.807) is 23.2 Å². The third kappa shape index (κ3) is 3.71. The van der Waals surface area contributed by atoms with Gasteiger partial charge in [-0.05, 0) is 53.5 Å². The minimum absolute atomic E-state index is 0.0413. The number of carbonyl (C=O) groups excluding carboxylic acids is 1. The summed E-state index contributed by atoms with van der Waals surface area (Å²) >= 11 is 12.4. The van der Waals surface area contributed by atoms with Crippen LogP contribution in [0.4, 0.5) is 10.2 Å². The van der Waals surface area contributed by atoms with Gasteiger partial charge in [-0.1, -0.05) is 23.2 Å². The topological polar surface area (TPSA) is 132 Å². The van der Waals surface area contributed by atoms with Gasteiger partial charge in [0.1, 0.15) is 18.0 Å². The first-order valence-corrected chi connectivity index (χ1v) is 11.9. The summed E-state index contributed by atoms with van der Waals surface area (Å²) in [7, 11) is 0. The van der Waals surface area contributed by atoms with Gasteiger partial charge in [0.2, 0.25) is 5.91 Å². The summed E-state index contributed by atoms with van der Waals surface area (Å²) in [5, 5.41) is 11.5. The maximum atomic E-state index is 15.3. The lowest BCUT2D eigenvalue weighted by atomic mass is 9.92. The molecule has 1 amide bonds. The molecular weight excluding hydrogens is 508 g/mol. The zero-order chi connectivity index (χ0) is 25.0. The number of amides is 1. The van der Waals surface area contributed by atoms with Crippen LogP contribution in [-0.2, 0) is 4.79 Å². The molecule has 5 heterocycles. The Labute approximate surface area is 213 Å². The third-order valence-electron chi connectivity index (χ3n) is 6.58. The molecule has 2 aliphatic rings. The summed E-state index contributed by atoms with van der Waals surface area (Å²) in [5.41, 5.74) is 8.35. The highest BCUT2D eigenvalue weighted by Gasteiger charge is 2.42. The van der Waals surface area contributed by atoms with Gasteiger partial charge in [0.15, 0.2) is 5.82 Å². The van der Waals surface area contributed by atoms with Crippen LogP contribution in [0.5, 0.6) is 0 Å². The number of nitrogens with two attached hydrogens (primary N) is 1. The summed E-state index contributed by atoms with van der Waals surface area (Å²) in [6.07, 6.45) is 7.86. The number of hydrogen-bond acceptors (Lipinski definition) is 7. The van der Waals surface area contributed by atoms with Crippen molar-refractivity contribution in [3.8, 4) is 16.9 Å². The summed E-state index contributed by atoms with van der Waals surface area (Å²) in [6.45, 7) is 0. The average molecular weight is 526 g/mol. The fourth-order valence-corrected chi connectivity index (χ4v) is 5.37. The van der Waals surface area contributed by atoms with E-state index in [1.165, 1.54) is 29.3 Å². The van der Waals surface area contributed by atoms with E-state index < -0.39 is 5.82 Å². The fraction of sp³-hybridized carbons (Fsp3) is 0.217. The zero-order valence-corrected chi connectivity index (χ0v) is 20.1. The van der Waals surface area contributed by atoms with Crippen LogP contribution < -0.4 is 5.73 Å². The first-order valence-electron chi connectivity index (χ1n) is 11.1. The van der Waals surface area contributed by atoms with Crippen molar-refractivity contribution in [1.82, 2.24) is 40.1 Å².